The topological polar surface area (TPSA) is 51.4 Å². The van der Waals surface area contributed by atoms with Gasteiger partial charge in [0.25, 0.3) is 0 Å². The van der Waals surface area contributed by atoms with Crippen molar-refractivity contribution < 1.29 is 4.74 Å². The second-order valence-corrected chi connectivity index (χ2v) is 5.70. The first kappa shape index (κ1) is 15.8. The summed E-state index contributed by atoms with van der Waals surface area (Å²) in [5, 5.41) is 0. The summed E-state index contributed by atoms with van der Waals surface area (Å²) in [6, 6.07) is 10.1. The maximum Gasteiger partial charge on any atom is 0.135 e. The van der Waals surface area contributed by atoms with E-state index in [1.807, 2.05) is 30.5 Å². The number of anilines is 2. The van der Waals surface area contributed by atoms with E-state index in [1.54, 1.807) is 7.11 Å². The van der Waals surface area contributed by atoms with E-state index in [0.29, 0.717) is 6.54 Å². The van der Waals surface area contributed by atoms with E-state index in [2.05, 4.69) is 38.8 Å². The molecule has 0 saturated carbocycles. The van der Waals surface area contributed by atoms with Crippen LogP contribution in [0.1, 0.15) is 12.0 Å². The largest absolute Gasteiger partial charge is 0.497 e. The van der Waals surface area contributed by atoms with Crippen LogP contribution >= 0.6 is 15.9 Å². The third-order valence-electron chi connectivity index (χ3n) is 3.24. The number of hydrogen-bond acceptors (Lipinski definition) is 4. The summed E-state index contributed by atoms with van der Waals surface area (Å²) in [6.45, 7) is 3.55. The molecule has 0 saturated heterocycles. The van der Waals surface area contributed by atoms with Gasteiger partial charge in [-0.15, -0.1) is 0 Å². The lowest BCUT2D eigenvalue weighted by atomic mass is 10.2. The quantitative estimate of drug-likeness (QED) is 0.864. The lowest BCUT2D eigenvalue weighted by Gasteiger charge is -2.25. The van der Waals surface area contributed by atoms with Gasteiger partial charge >= 0.3 is 0 Å². The van der Waals surface area contributed by atoms with Crippen LogP contribution in [-0.2, 0) is 0 Å². The number of halogens is 1. The van der Waals surface area contributed by atoms with Gasteiger partial charge in [0.2, 0.25) is 0 Å². The van der Waals surface area contributed by atoms with Crippen molar-refractivity contribution in [2.45, 2.75) is 13.3 Å². The Bertz CT molecular complexity index is 587. The van der Waals surface area contributed by atoms with Crippen molar-refractivity contribution in [3.63, 3.8) is 0 Å². The minimum absolute atomic E-state index is 0.655. The Morgan fingerprint density at radius 1 is 1.29 bits per heavy atom. The second kappa shape index (κ2) is 7.43. The number of methoxy groups -OCH3 is 1. The van der Waals surface area contributed by atoms with Crippen LogP contribution in [0.2, 0.25) is 0 Å². The van der Waals surface area contributed by atoms with Crippen LogP contribution < -0.4 is 15.4 Å². The van der Waals surface area contributed by atoms with Gasteiger partial charge in [0.15, 0.2) is 0 Å². The molecule has 4 nitrogen and oxygen atoms in total. The Balaban J connectivity index is 2.36. The molecule has 0 aliphatic carbocycles. The number of nitrogens with two attached hydrogens (primary N) is 1. The van der Waals surface area contributed by atoms with Crippen molar-refractivity contribution in [3.8, 4) is 5.75 Å². The van der Waals surface area contributed by atoms with E-state index in [-0.39, 0.29) is 0 Å². The van der Waals surface area contributed by atoms with Crippen LogP contribution in [0.4, 0.5) is 11.5 Å². The highest BCUT2D eigenvalue weighted by molar-refractivity contribution is 9.10. The molecule has 0 fully saturated rings. The van der Waals surface area contributed by atoms with Crippen LogP contribution in [0.15, 0.2) is 41.0 Å². The number of nitrogens with zero attached hydrogens (tertiary/aromatic N) is 2. The summed E-state index contributed by atoms with van der Waals surface area (Å²) >= 11 is 3.46. The lowest BCUT2D eigenvalue weighted by molar-refractivity contribution is 0.415. The number of rotatable bonds is 6. The second-order valence-electron chi connectivity index (χ2n) is 4.79. The van der Waals surface area contributed by atoms with Crippen molar-refractivity contribution in [2.24, 2.45) is 5.73 Å². The summed E-state index contributed by atoms with van der Waals surface area (Å²) < 4.78 is 6.20. The standard InChI is InChI=1S/C16H20BrN3O/c1-12-10-13(17)11-19-16(12)20(9-3-8-18)14-4-6-15(21-2)7-5-14/h4-7,10-11H,3,8-9,18H2,1-2H3. The third kappa shape index (κ3) is 3.95. The number of pyridine rings is 1. The van der Waals surface area contributed by atoms with Crippen molar-refractivity contribution >= 4 is 27.4 Å². The molecule has 0 aliphatic heterocycles. The molecular formula is C16H20BrN3O. The maximum absolute atomic E-state index is 5.67. The fraction of sp³-hybridized carbons (Fsp3) is 0.312. The fourth-order valence-electron chi connectivity index (χ4n) is 2.18. The van der Waals surface area contributed by atoms with Crippen molar-refractivity contribution in [2.75, 3.05) is 25.1 Å². The molecule has 0 aliphatic rings. The van der Waals surface area contributed by atoms with Crippen molar-refractivity contribution in [1.82, 2.24) is 4.98 Å². The molecule has 0 unspecified atom stereocenters. The molecule has 21 heavy (non-hydrogen) atoms. The summed E-state index contributed by atoms with van der Waals surface area (Å²) in [6.07, 6.45) is 2.73. The molecule has 0 radical (unpaired) electrons. The van der Waals surface area contributed by atoms with Crippen LogP contribution in [0, 0.1) is 6.92 Å². The predicted molar refractivity (Wildman–Crippen MR) is 90.3 cm³/mol. The Labute approximate surface area is 134 Å². The molecule has 1 heterocycles. The molecular weight excluding hydrogens is 330 g/mol. The highest BCUT2D eigenvalue weighted by Crippen LogP contribution is 2.29. The first-order valence-corrected chi connectivity index (χ1v) is 7.69. The van der Waals surface area contributed by atoms with Gasteiger partial charge in [-0.25, -0.2) is 4.98 Å². The summed E-state index contributed by atoms with van der Waals surface area (Å²) in [5.41, 5.74) is 7.87. The van der Waals surface area contributed by atoms with Gasteiger partial charge in [0.05, 0.1) is 7.11 Å². The zero-order chi connectivity index (χ0) is 15.2. The van der Waals surface area contributed by atoms with Crippen molar-refractivity contribution in [1.29, 1.82) is 0 Å². The van der Waals surface area contributed by atoms with Crippen LogP contribution in [0.25, 0.3) is 0 Å². The third-order valence-corrected chi connectivity index (χ3v) is 3.68. The SMILES string of the molecule is COc1ccc(N(CCCN)c2ncc(Br)cc2C)cc1. The number of aromatic nitrogens is 1. The lowest BCUT2D eigenvalue weighted by Crippen LogP contribution is -2.22. The smallest absolute Gasteiger partial charge is 0.135 e. The van der Waals surface area contributed by atoms with E-state index in [4.69, 9.17) is 10.5 Å². The van der Waals surface area contributed by atoms with E-state index in [1.165, 1.54) is 0 Å². The molecule has 2 rings (SSSR count). The average molecular weight is 350 g/mol. The average Bonchev–Trinajstić information content (AvgIpc) is 2.50. The fourth-order valence-corrected chi connectivity index (χ4v) is 2.63. The molecule has 1 aromatic carbocycles. The van der Waals surface area contributed by atoms with Crippen molar-refractivity contribution in [3.05, 3.63) is 46.6 Å². The molecule has 2 aromatic rings. The molecule has 0 bridgehead atoms. The molecule has 112 valence electrons. The highest BCUT2D eigenvalue weighted by Gasteiger charge is 2.13. The minimum Gasteiger partial charge on any atom is -0.497 e. The maximum atomic E-state index is 5.67. The molecule has 1 aromatic heterocycles. The number of benzene rings is 1. The zero-order valence-electron chi connectivity index (χ0n) is 12.3. The van der Waals surface area contributed by atoms with E-state index < -0.39 is 0 Å². The van der Waals surface area contributed by atoms with E-state index in [9.17, 15) is 0 Å². The van der Waals surface area contributed by atoms with Gasteiger partial charge in [-0.2, -0.15) is 0 Å². The van der Waals surface area contributed by atoms with E-state index in [0.717, 1.165) is 40.3 Å². The monoisotopic (exact) mass is 349 g/mol. The Morgan fingerprint density at radius 3 is 2.57 bits per heavy atom. The normalized spacial score (nSPS) is 10.5. The highest BCUT2D eigenvalue weighted by atomic mass is 79.9. The Kier molecular flexibility index (Phi) is 5.59. The summed E-state index contributed by atoms with van der Waals surface area (Å²) in [7, 11) is 1.67. The minimum atomic E-state index is 0.655. The molecule has 0 spiro atoms. The molecule has 0 atom stereocenters. The summed E-state index contributed by atoms with van der Waals surface area (Å²) in [5.74, 6) is 1.80. The first-order valence-electron chi connectivity index (χ1n) is 6.89. The Morgan fingerprint density at radius 2 is 2.00 bits per heavy atom. The number of ether oxygens (including phenoxy) is 1. The molecule has 2 N–H and O–H groups in total. The molecule has 5 heteroatoms. The number of hydrogen-bond donors (Lipinski definition) is 1. The van der Waals surface area contributed by atoms with Gasteiger partial charge in [0, 0.05) is 22.9 Å². The Hall–Kier alpha value is -1.59. The van der Waals surface area contributed by atoms with Gasteiger partial charge < -0.3 is 15.4 Å². The number of aryl methyl sites for hydroxylation is 1. The predicted octanol–water partition coefficient (Wildman–Crippen LogP) is 3.65. The van der Waals surface area contributed by atoms with Gasteiger partial charge in [-0.05, 0) is 71.7 Å². The summed E-state index contributed by atoms with van der Waals surface area (Å²) in [4.78, 5) is 6.75. The first-order chi connectivity index (χ1) is 10.2. The van der Waals surface area contributed by atoms with Gasteiger partial charge in [0.1, 0.15) is 11.6 Å². The van der Waals surface area contributed by atoms with E-state index >= 15 is 0 Å². The van der Waals surface area contributed by atoms with Crippen LogP contribution in [0.5, 0.6) is 5.75 Å². The van der Waals surface area contributed by atoms with Crippen LogP contribution in [0.3, 0.4) is 0 Å². The van der Waals surface area contributed by atoms with Gasteiger partial charge in [-0.1, -0.05) is 0 Å². The zero-order valence-corrected chi connectivity index (χ0v) is 13.9. The van der Waals surface area contributed by atoms with Gasteiger partial charge in [-0.3, -0.25) is 0 Å². The van der Waals surface area contributed by atoms with Crippen LogP contribution in [-0.4, -0.2) is 25.2 Å². The molecule has 0 amide bonds.